The fourth-order valence-corrected chi connectivity index (χ4v) is 9.44. The van der Waals surface area contributed by atoms with Gasteiger partial charge in [0.25, 0.3) is 0 Å². The normalized spacial score (nSPS) is 12.1. The average Bonchev–Trinajstić information content (AvgIpc) is 3.36. The summed E-state index contributed by atoms with van der Waals surface area (Å²) in [4.78, 5) is 38.3. The van der Waals surface area contributed by atoms with Crippen molar-refractivity contribution in [1.29, 1.82) is 0 Å². The lowest BCUT2D eigenvalue weighted by Crippen LogP contribution is -2.30. The second kappa shape index (κ2) is 59.5. The molecule has 0 saturated carbocycles. The van der Waals surface area contributed by atoms with E-state index in [1.807, 2.05) is 0 Å². The Bertz CT molecular complexity index is 1130. The predicted molar refractivity (Wildman–Crippen MR) is 303 cm³/mol. The Kier molecular flexibility index (Phi) is 57.7. The van der Waals surface area contributed by atoms with Crippen LogP contribution >= 0.6 is 0 Å². The first-order chi connectivity index (χ1) is 34.5. The van der Waals surface area contributed by atoms with Gasteiger partial charge in [-0.3, -0.25) is 14.4 Å². The van der Waals surface area contributed by atoms with E-state index in [1.165, 1.54) is 238 Å². The van der Waals surface area contributed by atoms with Crippen molar-refractivity contribution in [3.8, 4) is 0 Å². The third-order valence-electron chi connectivity index (χ3n) is 14.2. The van der Waals surface area contributed by atoms with E-state index in [4.69, 9.17) is 14.2 Å². The zero-order valence-electron chi connectivity index (χ0n) is 47.3. The molecule has 0 aliphatic rings. The van der Waals surface area contributed by atoms with Crippen molar-refractivity contribution in [1.82, 2.24) is 0 Å². The Morgan fingerprint density at radius 2 is 0.471 bits per heavy atom. The molecule has 70 heavy (non-hydrogen) atoms. The van der Waals surface area contributed by atoms with Crippen LogP contribution in [0.25, 0.3) is 0 Å². The summed E-state index contributed by atoms with van der Waals surface area (Å²) in [6, 6.07) is 0. The van der Waals surface area contributed by atoms with Crippen LogP contribution < -0.4 is 0 Å². The highest BCUT2D eigenvalue weighted by Crippen LogP contribution is 2.17. The maximum Gasteiger partial charge on any atom is 0.306 e. The van der Waals surface area contributed by atoms with Crippen molar-refractivity contribution in [2.75, 3.05) is 13.2 Å². The van der Waals surface area contributed by atoms with Gasteiger partial charge in [-0.25, -0.2) is 0 Å². The van der Waals surface area contributed by atoms with Crippen LogP contribution in [0.5, 0.6) is 0 Å². The van der Waals surface area contributed by atoms with Crippen molar-refractivity contribution >= 4 is 17.9 Å². The van der Waals surface area contributed by atoms with Crippen molar-refractivity contribution in [3.63, 3.8) is 0 Å². The number of rotatable bonds is 58. The first-order valence-corrected chi connectivity index (χ1v) is 31.3. The molecule has 0 bridgehead atoms. The number of ether oxygens (including phenoxy) is 3. The number of allylic oxidation sites excluding steroid dienone is 4. The lowest BCUT2D eigenvalue weighted by molar-refractivity contribution is -0.167. The Balaban J connectivity index is 4.32. The van der Waals surface area contributed by atoms with Crippen LogP contribution in [-0.2, 0) is 28.6 Å². The Labute approximate surface area is 436 Å². The molecule has 6 heteroatoms. The molecule has 0 rings (SSSR count). The summed E-state index contributed by atoms with van der Waals surface area (Å²) in [5.74, 6) is -0.865. The van der Waals surface area contributed by atoms with Crippen LogP contribution in [0.15, 0.2) is 24.3 Å². The third-order valence-corrected chi connectivity index (χ3v) is 14.2. The van der Waals surface area contributed by atoms with E-state index < -0.39 is 6.10 Å². The SMILES string of the molecule is CCCCCCCCC/C=C\CCCCCCCC(=O)OCC(COC(=O)CCCCCCCCCCCCCCCCCCCCCC)OC(=O)CCCCCCC/C=C\CCCCCCCCC. The van der Waals surface area contributed by atoms with Gasteiger partial charge in [-0.1, -0.05) is 283 Å². The molecule has 1 atom stereocenters. The molecule has 0 heterocycles. The average molecular weight is 986 g/mol. The number of hydrogen-bond acceptors (Lipinski definition) is 6. The van der Waals surface area contributed by atoms with E-state index in [1.54, 1.807) is 0 Å². The summed E-state index contributed by atoms with van der Waals surface area (Å²) in [6.45, 7) is 6.68. The molecule has 6 nitrogen and oxygen atoms in total. The summed E-state index contributed by atoms with van der Waals surface area (Å²) >= 11 is 0. The Morgan fingerprint density at radius 3 is 0.714 bits per heavy atom. The summed E-state index contributed by atoms with van der Waals surface area (Å²) in [7, 11) is 0. The van der Waals surface area contributed by atoms with Gasteiger partial charge >= 0.3 is 17.9 Å². The molecule has 0 radical (unpaired) electrons. The fraction of sp³-hybridized carbons (Fsp3) is 0.891. The molecule has 0 spiro atoms. The zero-order chi connectivity index (χ0) is 50.7. The fourth-order valence-electron chi connectivity index (χ4n) is 9.44. The van der Waals surface area contributed by atoms with Crippen LogP contribution in [0, 0.1) is 0 Å². The molecule has 0 fully saturated rings. The molecule has 0 saturated heterocycles. The van der Waals surface area contributed by atoms with Crippen LogP contribution in [0.3, 0.4) is 0 Å². The second-order valence-electron chi connectivity index (χ2n) is 21.3. The van der Waals surface area contributed by atoms with Gasteiger partial charge in [0.15, 0.2) is 6.10 Å². The zero-order valence-corrected chi connectivity index (χ0v) is 47.3. The molecule has 1 unspecified atom stereocenters. The lowest BCUT2D eigenvalue weighted by atomic mass is 10.0. The van der Waals surface area contributed by atoms with Crippen molar-refractivity contribution < 1.29 is 28.6 Å². The van der Waals surface area contributed by atoms with Gasteiger partial charge in [-0.15, -0.1) is 0 Å². The number of carbonyl (C=O) groups is 3. The summed E-state index contributed by atoms with van der Waals surface area (Å²) in [5.41, 5.74) is 0. The number of carbonyl (C=O) groups excluding carboxylic acids is 3. The first-order valence-electron chi connectivity index (χ1n) is 31.3. The van der Waals surface area contributed by atoms with Gasteiger partial charge in [0.05, 0.1) is 0 Å². The van der Waals surface area contributed by atoms with Gasteiger partial charge in [0.1, 0.15) is 13.2 Å². The topological polar surface area (TPSA) is 78.9 Å². The quantitative estimate of drug-likeness (QED) is 0.0261. The van der Waals surface area contributed by atoms with E-state index in [9.17, 15) is 14.4 Å². The molecule has 0 N–H and O–H groups in total. The minimum Gasteiger partial charge on any atom is -0.462 e. The maximum atomic E-state index is 12.9. The summed E-state index contributed by atoms with van der Waals surface area (Å²) in [6.07, 6.45) is 70.3. The van der Waals surface area contributed by atoms with Crippen LogP contribution in [0.1, 0.15) is 348 Å². The largest absolute Gasteiger partial charge is 0.462 e. The van der Waals surface area contributed by atoms with Gasteiger partial charge in [-0.05, 0) is 70.6 Å². The van der Waals surface area contributed by atoms with E-state index in [-0.39, 0.29) is 31.1 Å². The van der Waals surface area contributed by atoms with Crippen molar-refractivity contribution in [2.24, 2.45) is 0 Å². The third kappa shape index (κ3) is 56.8. The van der Waals surface area contributed by atoms with E-state index >= 15 is 0 Å². The highest BCUT2D eigenvalue weighted by molar-refractivity contribution is 5.71. The second-order valence-corrected chi connectivity index (χ2v) is 21.3. The molecular weight excluding hydrogens is 865 g/mol. The highest BCUT2D eigenvalue weighted by atomic mass is 16.6. The molecule has 412 valence electrons. The molecule has 0 aliphatic carbocycles. The molecular formula is C64H120O6. The van der Waals surface area contributed by atoms with E-state index in [0.717, 1.165) is 70.6 Å². The van der Waals surface area contributed by atoms with E-state index in [2.05, 4.69) is 45.1 Å². The first kappa shape index (κ1) is 67.9. The molecule has 0 aromatic heterocycles. The predicted octanol–water partition coefficient (Wildman–Crippen LogP) is 21.1. The standard InChI is InChI=1S/C64H120O6/c1-4-7-10-13-16-19-22-25-28-31-32-33-34-37-39-42-45-48-51-54-57-63(66)69-60-61(70-64(67)58-55-52-49-46-43-40-36-30-27-24-21-18-15-12-9-6-3)59-68-62(65)56-53-50-47-44-41-38-35-29-26-23-20-17-14-11-8-5-2/h29-30,35-36,61H,4-28,31-34,37-60H2,1-3H3/b35-29-,36-30-. The smallest absolute Gasteiger partial charge is 0.306 e. The lowest BCUT2D eigenvalue weighted by Gasteiger charge is -2.18. The molecule has 0 aromatic carbocycles. The minimum atomic E-state index is -0.776. The molecule has 0 aliphatic heterocycles. The summed E-state index contributed by atoms with van der Waals surface area (Å²) < 4.78 is 16.9. The van der Waals surface area contributed by atoms with Crippen molar-refractivity contribution in [3.05, 3.63) is 24.3 Å². The van der Waals surface area contributed by atoms with Crippen LogP contribution in [0.2, 0.25) is 0 Å². The van der Waals surface area contributed by atoms with Gasteiger partial charge < -0.3 is 14.2 Å². The Hall–Kier alpha value is -2.11. The number of unbranched alkanes of at least 4 members (excludes halogenated alkanes) is 43. The van der Waals surface area contributed by atoms with E-state index in [0.29, 0.717) is 19.3 Å². The van der Waals surface area contributed by atoms with Gasteiger partial charge in [-0.2, -0.15) is 0 Å². The van der Waals surface area contributed by atoms with Crippen molar-refractivity contribution in [2.45, 2.75) is 354 Å². The molecule has 0 amide bonds. The van der Waals surface area contributed by atoms with Crippen LogP contribution in [0.4, 0.5) is 0 Å². The maximum absolute atomic E-state index is 12.9. The minimum absolute atomic E-state index is 0.0724. The summed E-state index contributed by atoms with van der Waals surface area (Å²) in [5, 5.41) is 0. The number of hydrogen-bond donors (Lipinski definition) is 0. The Morgan fingerprint density at radius 1 is 0.271 bits per heavy atom. The number of esters is 3. The molecule has 0 aromatic rings. The van der Waals surface area contributed by atoms with Gasteiger partial charge in [0, 0.05) is 19.3 Å². The monoisotopic (exact) mass is 985 g/mol. The van der Waals surface area contributed by atoms with Crippen LogP contribution in [-0.4, -0.2) is 37.2 Å². The highest BCUT2D eigenvalue weighted by Gasteiger charge is 2.19. The van der Waals surface area contributed by atoms with Gasteiger partial charge in [0.2, 0.25) is 0 Å².